The summed E-state index contributed by atoms with van der Waals surface area (Å²) >= 11 is 1.43. The first-order chi connectivity index (χ1) is 13.5. The lowest BCUT2D eigenvalue weighted by Crippen LogP contribution is -2.12. The zero-order chi connectivity index (χ0) is 19.6. The average molecular weight is 413 g/mol. The number of sulfone groups is 1. The van der Waals surface area contributed by atoms with Gasteiger partial charge >= 0.3 is 0 Å². The van der Waals surface area contributed by atoms with Crippen LogP contribution in [0, 0.1) is 5.82 Å². The Bertz CT molecular complexity index is 1200. The molecule has 2 aromatic carbocycles. The van der Waals surface area contributed by atoms with E-state index in [-0.39, 0.29) is 10.9 Å². The molecule has 0 spiro atoms. The maximum Gasteiger partial charge on any atom is 0.232 e. The zero-order valence-corrected chi connectivity index (χ0v) is 16.3. The SMILES string of the molecule is O=S(=O)(Cc1csc(Cc2ccccc2)n1)c1nccn1-c1cccc(F)c1. The van der Waals surface area contributed by atoms with E-state index < -0.39 is 15.7 Å². The van der Waals surface area contributed by atoms with Crippen molar-refractivity contribution in [3.05, 3.63) is 94.5 Å². The van der Waals surface area contributed by atoms with Crippen molar-refractivity contribution in [2.24, 2.45) is 0 Å². The van der Waals surface area contributed by atoms with Crippen LogP contribution in [0.3, 0.4) is 0 Å². The molecule has 4 aromatic rings. The van der Waals surface area contributed by atoms with Gasteiger partial charge in [0.2, 0.25) is 15.0 Å². The monoisotopic (exact) mass is 413 g/mol. The molecular weight excluding hydrogens is 397 g/mol. The summed E-state index contributed by atoms with van der Waals surface area (Å²) in [5.74, 6) is -0.704. The van der Waals surface area contributed by atoms with Gasteiger partial charge in [0, 0.05) is 24.2 Å². The summed E-state index contributed by atoms with van der Waals surface area (Å²) in [4.78, 5) is 8.45. The van der Waals surface area contributed by atoms with Gasteiger partial charge in [0.1, 0.15) is 11.6 Å². The van der Waals surface area contributed by atoms with Gasteiger partial charge in [-0.15, -0.1) is 11.3 Å². The normalized spacial score (nSPS) is 11.6. The molecular formula is C20H16FN3O2S2. The van der Waals surface area contributed by atoms with E-state index in [1.165, 1.54) is 46.5 Å². The highest BCUT2D eigenvalue weighted by Crippen LogP contribution is 2.22. The maximum atomic E-state index is 13.5. The number of hydrogen-bond acceptors (Lipinski definition) is 5. The van der Waals surface area contributed by atoms with E-state index in [4.69, 9.17) is 0 Å². The maximum absolute atomic E-state index is 13.5. The smallest absolute Gasteiger partial charge is 0.232 e. The molecule has 0 N–H and O–H groups in total. The number of hydrogen-bond donors (Lipinski definition) is 0. The predicted octanol–water partition coefficient (Wildman–Crippen LogP) is 4.03. The van der Waals surface area contributed by atoms with Crippen molar-refractivity contribution in [3.8, 4) is 5.69 Å². The lowest BCUT2D eigenvalue weighted by molar-refractivity contribution is 0.582. The first kappa shape index (κ1) is 18.5. The van der Waals surface area contributed by atoms with E-state index >= 15 is 0 Å². The van der Waals surface area contributed by atoms with Gasteiger partial charge in [-0.3, -0.25) is 4.57 Å². The second-order valence-electron chi connectivity index (χ2n) is 6.21. The average Bonchev–Trinajstić information content (AvgIpc) is 3.32. The summed E-state index contributed by atoms with van der Waals surface area (Å²) in [6, 6.07) is 15.6. The van der Waals surface area contributed by atoms with Crippen molar-refractivity contribution >= 4 is 21.2 Å². The fourth-order valence-corrected chi connectivity index (χ4v) is 5.16. The molecule has 142 valence electrons. The molecule has 0 atom stereocenters. The Morgan fingerprint density at radius 1 is 1.07 bits per heavy atom. The van der Waals surface area contributed by atoms with E-state index in [1.807, 2.05) is 30.3 Å². The van der Waals surface area contributed by atoms with E-state index in [0.717, 1.165) is 10.6 Å². The van der Waals surface area contributed by atoms with E-state index in [2.05, 4.69) is 9.97 Å². The molecule has 0 saturated heterocycles. The first-order valence-corrected chi connectivity index (χ1v) is 11.0. The van der Waals surface area contributed by atoms with Crippen LogP contribution in [0.5, 0.6) is 0 Å². The standard InChI is InChI=1S/C20H16FN3O2S2/c21-16-7-4-8-18(12-16)24-10-9-22-20(24)28(25,26)14-17-13-27-19(23-17)11-15-5-2-1-3-6-15/h1-10,12-13H,11,14H2. The van der Waals surface area contributed by atoms with E-state index in [1.54, 1.807) is 11.4 Å². The molecule has 0 fully saturated rings. The van der Waals surface area contributed by atoms with Gasteiger partial charge < -0.3 is 0 Å². The molecule has 0 bridgehead atoms. The van der Waals surface area contributed by atoms with Crippen LogP contribution >= 0.6 is 11.3 Å². The molecule has 0 amide bonds. The molecule has 0 aliphatic rings. The van der Waals surface area contributed by atoms with E-state index in [9.17, 15) is 12.8 Å². The minimum Gasteiger partial charge on any atom is -0.291 e. The minimum absolute atomic E-state index is 0.129. The Balaban J connectivity index is 1.57. The summed E-state index contributed by atoms with van der Waals surface area (Å²) in [7, 11) is -3.75. The summed E-state index contributed by atoms with van der Waals surface area (Å²) in [5.41, 5.74) is 2.00. The molecule has 5 nitrogen and oxygen atoms in total. The Labute approximate surface area is 166 Å². The summed E-state index contributed by atoms with van der Waals surface area (Å²) in [5, 5.41) is 2.48. The van der Waals surface area contributed by atoms with Gasteiger partial charge in [0.05, 0.1) is 16.4 Å². The van der Waals surface area contributed by atoms with E-state index in [0.29, 0.717) is 17.8 Å². The Hall–Kier alpha value is -2.84. The van der Waals surface area contributed by atoms with Crippen molar-refractivity contribution in [2.45, 2.75) is 17.3 Å². The molecule has 4 rings (SSSR count). The molecule has 0 saturated carbocycles. The quantitative estimate of drug-likeness (QED) is 0.479. The third-order valence-corrected chi connectivity index (χ3v) is 6.54. The summed E-state index contributed by atoms with van der Waals surface area (Å²) in [6.45, 7) is 0. The second-order valence-corrected chi connectivity index (χ2v) is 9.04. The Kier molecular flexibility index (Phi) is 5.06. The number of imidazole rings is 1. The van der Waals surface area contributed by atoms with Crippen LogP contribution in [0.4, 0.5) is 4.39 Å². The van der Waals surface area contributed by atoms with Gasteiger partial charge in [-0.2, -0.15) is 0 Å². The molecule has 8 heteroatoms. The highest BCUT2D eigenvalue weighted by molar-refractivity contribution is 7.90. The number of benzene rings is 2. The number of thiazole rings is 1. The summed E-state index contributed by atoms with van der Waals surface area (Å²) in [6.07, 6.45) is 3.55. The lowest BCUT2D eigenvalue weighted by atomic mass is 10.2. The molecule has 2 aromatic heterocycles. The minimum atomic E-state index is -3.75. The molecule has 0 radical (unpaired) electrons. The van der Waals surface area contributed by atoms with Crippen molar-refractivity contribution in [1.82, 2.24) is 14.5 Å². The summed E-state index contributed by atoms with van der Waals surface area (Å²) < 4.78 is 40.7. The van der Waals surface area contributed by atoms with Gasteiger partial charge in [-0.1, -0.05) is 36.4 Å². The zero-order valence-electron chi connectivity index (χ0n) is 14.7. The fourth-order valence-electron chi connectivity index (χ4n) is 2.87. The first-order valence-electron chi connectivity index (χ1n) is 8.50. The van der Waals surface area contributed by atoms with Crippen molar-refractivity contribution < 1.29 is 12.8 Å². The number of halogens is 1. The molecule has 0 aliphatic heterocycles. The predicted molar refractivity (Wildman–Crippen MR) is 106 cm³/mol. The van der Waals surface area contributed by atoms with Crippen LogP contribution in [0.25, 0.3) is 5.69 Å². The molecule has 0 unspecified atom stereocenters. The largest absolute Gasteiger partial charge is 0.291 e. The van der Waals surface area contributed by atoms with Crippen molar-refractivity contribution in [2.75, 3.05) is 0 Å². The molecule has 28 heavy (non-hydrogen) atoms. The number of aromatic nitrogens is 3. The van der Waals surface area contributed by atoms with Crippen LogP contribution in [-0.2, 0) is 22.0 Å². The third kappa shape index (κ3) is 4.02. The van der Waals surface area contributed by atoms with Crippen LogP contribution in [-0.4, -0.2) is 23.0 Å². The Morgan fingerprint density at radius 2 is 1.89 bits per heavy atom. The van der Waals surface area contributed by atoms with Crippen LogP contribution in [0.1, 0.15) is 16.3 Å². The van der Waals surface area contributed by atoms with Crippen molar-refractivity contribution in [1.29, 1.82) is 0 Å². The van der Waals surface area contributed by atoms with Gasteiger partial charge in [-0.25, -0.2) is 22.8 Å². The second kappa shape index (κ2) is 7.65. The van der Waals surface area contributed by atoms with Crippen LogP contribution < -0.4 is 0 Å². The third-order valence-electron chi connectivity index (χ3n) is 4.11. The number of rotatable bonds is 6. The molecule has 2 heterocycles. The van der Waals surface area contributed by atoms with Gasteiger partial charge in [-0.05, 0) is 23.8 Å². The Morgan fingerprint density at radius 3 is 2.68 bits per heavy atom. The topological polar surface area (TPSA) is 64.8 Å². The van der Waals surface area contributed by atoms with Crippen LogP contribution in [0.15, 0.2) is 77.5 Å². The van der Waals surface area contributed by atoms with Gasteiger partial charge in [0.15, 0.2) is 0 Å². The van der Waals surface area contributed by atoms with Gasteiger partial charge in [0.25, 0.3) is 0 Å². The highest BCUT2D eigenvalue weighted by atomic mass is 32.2. The fraction of sp³-hybridized carbons (Fsp3) is 0.100. The molecule has 0 aliphatic carbocycles. The highest BCUT2D eigenvalue weighted by Gasteiger charge is 2.23. The lowest BCUT2D eigenvalue weighted by Gasteiger charge is -2.08. The number of nitrogens with zero attached hydrogens (tertiary/aromatic N) is 3. The van der Waals surface area contributed by atoms with Crippen molar-refractivity contribution in [3.63, 3.8) is 0 Å². The van der Waals surface area contributed by atoms with Crippen LogP contribution in [0.2, 0.25) is 0 Å².